The molecule has 1 aliphatic heterocycles. The van der Waals surface area contributed by atoms with Gasteiger partial charge in [0.25, 0.3) is 0 Å². The first-order valence-corrected chi connectivity index (χ1v) is 5.93. The first kappa shape index (κ1) is 11.9. The molecule has 0 aromatic carbocycles. The number of aromatic nitrogens is 3. The standard InChI is InChI=1S/C11H17N5O/c1-2-11(4-3-5-12-8-11)9(17)15-10-13-6-7-14-16-10/h6-7,12H,2-5,8H2,1H3,(H,13,15,16,17). The highest BCUT2D eigenvalue weighted by atomic mass is 16.2. The van der Waals surface area contributed by atoms with Crippen LogP contribution in [-0.2, 0) is 4.79 Å². The largest absolute Gasteiger partial charge is 0.316 e. The predicted molar refractivity (Wildman–Crippen MR) is 63.3 cm³/mol. The van der Waals surface area contributed by atoms with Crippen LogP contribution < -0.4 is 10.6 Å². The fourth-order valence-corrected chi connectivity index (χ4v) is 2.16. The van der Waals surface area contributed by atoms with Gasteiger partial charge in [0, 0.05) is 6.54 Å². The van der Waals surface area contributed by atoms with Gasteiger partial charge in [-0.05, 0) is 25.8 Å². The molecule has 1 unspecified atom stereocenters. The Morgan fingerprint density at radius 1 is 1.59 bits per heavy atom. The summed E-state index contributed by atoms with van der Waals surface area (Å²) in [6.45, 7) is 3.74. The number of amides is 1. The number of piperidine rings is 1. The first-order valence-electron chi connectivity index (χ1n) is 5.93. The van der Waals surface area contributed by atoms with Gasteiger partial charge in [0.05, 0.1) is 17.8 Å². The number of carbonyl (C=O) groups excluding carboxylic acids is 1. The molecule has 1 aromatic heterocycles. The summed E-state index contributed by atoms with van der Waals surface area (Å²) in [4.78, 5) is 16.2. The van der Waals surface area contributed by atoms with Crippen LogP contribution in [0.4, 0.5) is 5.95 Å². The number of rotatable bonds is 3. The molecule has 2 heterocycles. The average Bonchev–Trinajstić information content (AvgIpc) is 2.40. The van der Waals surface area contributed by atoms with Crippen molar-refractivity contribution in [2.24, 2.45) is 5.41 Å². The summed E-state index contributed by atoms with van der Waals surface area (Å²) in [7, 11) is 0. The molecule has 1 atom stereocenters. The Labute approximate surface area is 100 Å². The van der Waals surface area contributed by atoms with Gasteiger partial charge in [-0.25, -0.2) is 4.98 Å². The maximum Gasteiger partial charge on any atom is 0.249 e. The summed E-state index contributed by atoms with van der Waals surface area (Å²) < 4.78 is 0. The van der Waals surface area contributed by atoms with E-state index in [1.54, 1.807) is 0 Å². The van der Waals surface area contributed by atoms with Crippen LogP contribution in [0.15, 0.2) is 12.4 Å². The zero-order chi connectivity index (χ0) is 12.1. The van der Waals surface area contributed by atoms with E-state index in [0.717, 1.165) is 32.4 Å². The molecule has 1 saturated heterocycles. The Kier molecular flexibility index (Phi) is 3.63. The van der Waals surface area contributed by atoms with E-state index in [-0.39, 0.29) is 17.3 Å². The lowest BCUT2D eigenvalue weighted by molar-refractivity contribution is -0.126. The zero-order valence-electron chi connectivity index (χ0n) is 9.94. The highest BCUT2D eigenvalue weighted by Crippen LogP contribution is 2.31. The minimum atomic E-state index is -0.336. The summed E-state index contributed by atoms with van der Waals surface area (Å²) >= 11 is 0. The second-order valence-electron chi connectivity index (χ2n) is 4.33. The Morgan fingerprint density at radius 2 is 2.47 bits per heavy atom. The van der Waals surface area contributed by atoms with Gasteiger partial charge in [0.15, 0.2) is 0 Å². The van der Waals surface area contributed by atoms with Crippen LogP contribution in [0.3, 0.4) is 0 Å². The molecule has 1 amide bonds. The smallest absolute Gasteiger partial charge is 0.249 e. The summed E-state index contributed by atoms with van der Waals surface area (Å²) in [5.41, 5.74) is -0.336. The van der Waals surface area contributed by atoms with E-state index in [1.165, 1.54) is 12.4 Å². The van der Waals surface area contributed by atoms with E-state index in [2.05, 4.69) is 25.8 Å². The molecule has 2 N–H and O–H groups in total. The number of hydrogen-bond acceptors (Lipinski definition) is 5. The molecule has 6 nitrogen and oxygen atoms in total. The van der Waals surface area contributed by atoms with Gasteiger partial charge in [-0.2, -0.15) is 5.10 Å². The van der Waals surface area contributed by atoms with Crippen molar-refractivity contribution in [3.8, 4) is 0 Å². The van der Waals surface area contributed by atoms with Gasteiger partial charge < -0.3 is 5.32 Å². The molecule has 1 aliphatic rings. The van der Waals surface area contributed by atoms with Crippen molar-refractivity contribution in [3.63, 3.8) is 0 Å². The van der Waals surface area contributed by atoms with Crippen LogP contribution >= 0.6 is 0 Å². The summed E-state index contributed by atoms with van der Waals surface area (Å²) in [5, 5.41) is 13.5. The number of nitrogens with zero attached hydrogens (tertiary/aromatic N) is 3. The summed E-state index contributed by atoms with van der Waals surface area (Å²) in [6.07, 6.45) is 5.73. The van der Waals surface area contributed by atoms with E-state index in [9.17, 15) is 4.79 Å². The molecular weight excluding hydrogens is 218 g/mol. The monoisotopic (exact) mass is 235 g/mol. The normalized spacial score (nSPS) is 24.3. The third-order valence-electron chi connectivity index (χ3n) is 3.34. The van der Waals surface area contributed by atoms with Crippen LogP contribution in [-0.4, -0.2) is 34.2 Å². The van der Waals surface area contributed by atoms with Crippen LogP contribution in [0.5, 0.6) is 0 Å². The van der Waals surface area contributed by atoms with Gasteiger partial charge in [0.2, 0.25) is 11.9 Å². The van der Waals surface area contributed by atoms with Gasteiger partial charge in [-0.3, -0.25) is 10.1 Å². The maximum atomic E-state index is 12.3. The Balaban J connectivity index is 2.07. The third-order valence-corrected chi connectivity index (χ3v) is 3.34. The molecule has 0 saturated carbocycles. The van der Waals surface area contributed by atoms with Crippen molar-refractivity contribution in [1.29, 1.82) is 0 Å². The summed E-state index contributed by atoms with van der Waals surface area (Å²) in [5.74, 6) is 0.260. The summed E-state index contributed by atoms with van der Waals surface area (Å²) in [6, 6.07) is 0. The van der Waals surface area contributed by atoms with Crippen LogP contribution in [0, 0.1) is 5.41 Å². The maximum absolute atomic E-state index is 12.3. The quantitative estimate of drug-likeness (QED) is 0.801. The molecule has 92 valence electrons. The van der Waals surface area contributed by atoms with Crippen LogP contribution in [0.1, 0.15) is 26.2 Å². The van der Waals surface area contributed by atoms with Gasteiger partial charge in [0.1, 0.15) is 0 Å². The molecular formula is C11H17N5O. The fourth-order valence-electron chi connectivity index (χ4n) is 2.16. The Hall–Kier alpha value is -1.56. The van der Waals surface area contributed by atoms with E-state index in [4.69, 9.17) is 0 Å². The molecule has 17 heavy (non-hydrogen) atoms. The van der Waals surface area contributed by atoms with Crippen molar-refractivity contribution in [3.05, 3.63) is 12.4 Å². The minimum absolute atomic E-state index is 0.0137. The highest BCUT2D eigenvalue weighted by Gasteiger charge is 2.38. The lowest BCUT2D eigenvalue weighted by Crippen LogP contribution is -2.47. The Bertz CT molecular complexity index is 375. The lowest BCUT2D eigenvalue weighted by atomic mass is 9.77. The van der Waals surface area contributed by atoms with E-state index >= 15 is 0 Å². The number of carbonyl (C=O) groups is 1. The van der Waals surface area contributed by atoms with Gasteiger partial charge in [-0.15, -0.1) is 5.10 Å². The molecule has 0 radical (unpaired) electrons. The minimum Gasteiger partial charge on any atom is -0.316 e. The van der Waals surface area contributed by atoms with Crippen LogP contribution in [0.2, 0.25) is 0 Å². The van der Waals surface area contributed by atoms with Gasteiger partial charge >= 0.3 is 0 Å². The van der Waals surface area contributed by atoms with Crippen LogP contribution in [0.25, 0.3) is 0 Å². The fraction of sp³-hybridized carbons (Fsp3) is 0.636. The molecule has 0 spiro atoms. The lowest BCUT2D eigenvalue weighted by Gasteiger charge is -2.34. The Morgan fingerprint density at radius 3 is 3.06 bits per heavy atom. The highest BCUT2D eigenvalue weighted by molar-refractivity contribution is 5.94. The number of hydrogen-bond donors (Lipinski definition) is 2. The number of nitrogens with one attached hydrogen (secondary N) is 2. The van der Waals surface area contributed by atoms with Crippen molar-refractivity contribution in [2.45, 2.75) is 26.2 Å². The second-order valence-corrected chi connectivity index (χ2v) is 4.33. The zero-order valence-corrected chi connectivity index (χ0v) is 9.94. The molecule has 0 bridgehead atoms. The molecule has 6 heteroatoms. The average molecular weight is 235 g/mol. The predicted octanol–water partition coefficient (Wildman–Crippen LogP) is 0.590. The molecule has 1 aromatic rings. The van der Waals surface area contributed by atoms with Crippen molar-refractivity contribution >= 4 is 11.9 Å². The van der Waals surface area contributed by atoms with Gasteiger partial charge in [-0.1, -0.05) is 6.92 Å². The second kappa shape index (κ2) is 5.18. The number of anilines is 1. The SMILES string of the molecule is CCC1(C(=O)Nc2nccnn2)CCCNC1. The van der Waals surface area contributed by atoms with Crippen molar-refractivity contribution in [2.75, 3.05) is 18.4 Å². The third kappa shape index (κ3) is 2.58. The molecule has 0 aliphatic carbocycles. The first-order chi connectivity index (χ1) is 8.27. The van der Waals surface area contributed by atoms with Crippen molar-refractivity contribution in [1.82, 2.24) is 20.5 Å². The van der Waals surface area contributed by atoms with Crippen molar-refractivity contribution < 1.29 is 4.79 Å². The van der Waals surface area contributed by atoms with E-state index < -0.39 is 0 Å². The molecule has 1 fully saturated rings. The molecule has 2 rings (SSSR count). The van der Waals surface area contributed by atoms with E-state index in [1.807, 2.05) is 6.92 Å². The van der Waals surface area contributed by atoms with E-state index in [0.29, 0.717) is 0 Å². The topological polar surface area (TPSA) is 79.8 Å².